The van der Waals surface area contributed by atoms with Crippen LogP contribution >= 0.6 is 0 Å². The van der Waals surface area contributed by atoms with E-state index in [1.807, 2.05) is 12.1 Å². The number of fused-ring (bicyclic) bond motifs is 3. The number of nitrogens with zero attached hydrogens (tertiary/aromatic N) is 2. The van der Waals surface area contributed by atoms with Gasteiger partial charge in [0.1, 0.15) is 35.8 Å². The van der Waals surface area contributed by atoms with Gasteiger partial charge in [0, 0.05) is 19.1 Å². The van der Waals surface area contributed by atoms with E-state index in [0.717, 1.165) is 19.1 Å². The fourth-order valence-electron chi connectivity index (χ4n) is 8.68. The second-order valence-corrected chi connectivity index (χ2v) is 14.3. The minimum absolute atomic E-state index is 0.00630. The number of cyclic esters (lactones) is 1. The molecule has 0 radical (unpaired) electrons. The van der Waals surface area contributed by atoms with Gasteiger partial charge in [-0.2, -0.15) is 0 Å². The number of methoxy groups -OCH3 is 3. The van der Waals surface area contributed by atoms with Crippen LogP contribution in [0.1, 0.15) is 52.4 Å². The van der Waals surface area contributed by atoms with Crippen molar-refractivity contribution in [1.82, 2.24) is 4.90 Å². The standard InChI is InChI=1S/C45H40N2O13/c1-56-23-24-59-44(55)46-33-22-17-26(11-10-16-31(40(51)57-2)41(52)58-3)25-32(33)45(43(46)54)34(39(49)50)36-42(53)60-37(28-14-8-5-9-15-28)35(27-12-6-4-7-13-27)47(36)38(45)29-18-20-30(48)21-19-29/h4-9,12-15,17-22,25,31,34-38,48H,16,23-24H2,1-3H3,(H,49,50). The number of phenolic OH excluding ortho intramolecular Hbond substituents is 1. The Morgan fingerprint density at radius 1 is 0.800 bits per heavy atom. The van der Waals surface area contributed by atoms with E-state index >= 15 is 4.79 Å². The summed E-state index contributed by atoms with van der Waals surface area (Å²) in [6.45, 7) is -0.250. The van der Waals surface area contributed by atoms with Gasteiger partial charge in [0.25, 0.3) is 0 Å². The van der Waals surface area contributed by atoms with Crippen molar-refractivity contribution in [2.24, 2.45) is 11.8 Å². The Kier molecular flexibility index (Phi) is 11.7. The van der Waals surface area contributed by atoms with Crippen LogP contribution in [-0.4, -0.2) is 91.6 Å². The summed E-state index contributed by atoms with van der Waals surface area (Å²) in [4.78, 5) is 85.7. The number of aromatic hydroxyl groups is 1. The van der Waals surface area contributed by atoms with Crippen LogP contribution in [0.4, 0.5) is 10.5 Å². The number of carbonyl (C=O) groups excluding carboxylic acids is 5. The van der Waals surface area contributed by atoms with E-state index in [0.29, 0.717) is 16.7 Å². The Hall–Kier alpha value is -7.02. The predicted molar refractivity (Wildman–Crippen MR) is 210 cm³/mol. The van der Waals surface area contributed by atoms with Gasteiger partial charge in [-0.15, -0.1) is 0 Å². The van der Waals surface area contributed by atoms with Crippen LogP contribution in [0, 0.1) is 23.7 Å². The molecule has 2 saturated heterocycles. The molecule has 0 aromatic heterocycles. The maximum atomic E-state index is 15.7. The van der Waals surface area contributed by atoms with Crippen molar-refractivity contribution in [2.75, 3.05) is 39.4 Å². The molecule has 308 valence electrons. The van der Waals surface area contributed by atoms with E-state index in [9.17, 15) is 34.2 Å². The van der Waals surface area contributed by atoms with E-state index in [2.05, 4.69) is 11.8 Å². The van der Waals surface area contributed by atoms with Crippen molar-refractivity contribution in [3.63, 3.8) is 0 Å². The second kappa shape index (κ2) is 17.1. The second-order valence-electron chi connectivity index (χ2n) is 14.3. The lowest BCUT2D eigenvalue weighted by Crippen LogP contribution is -2.53. The molecule has 6 unspecified atom stereocenters. The van der Waals surface area contributed by atoms with Crippen molar-refractivity contribution in [3.05, 3.63) is 131 Å². The van der Waals surface area contributed by atoms with Crippen LogP contribution in [-0.2, 0) is 53.1 Å². The van der Waals surface area contributed by atoms with E-state index in [1.165, 1.54) is 37.4 Å². The van der Waals surface area contributed by atoms with Crippen molar-refractivity contribution >= 4 is 41.6 Å². The number of ether oxygens (including phenoxy) is 5. The summed E-state index contributed by atoms with van der Waals surface area (Å²) in [5, 5.41) is 21.9. The summed E-state index contributed by atoms with van der Waals surface area (Å²) in [6.07, 6.45) is -2.42. The number of hydrogen-bond donors (Lipinski definition) is 2. The first-order valence-corrected chi connectivity index (χ1v) is 18.9. The number of carboxylic acids is 1. The third-order valence-electron chi connectivity index (χ3n) is 11.1. The summed E-state index contributed by atoms with van der Waals surface area (Å²) >= 11 is 0. The summed E-state index contributed by atoms with van der Waals surface area (Å²) in [5.74, 6) is -2.85. The molecule has 4 aromatic rings. The highest BCUT2D eigenvalue weighted by Gasteiger charge is 2.76. The lowest BCUT2D eigenvalue weighted by atomic mass is 9.65. The van der Waals surface area contributed by atoms with Crippen molar-refractivity contribution in [3.8, 4) is 17.6 Å². The molecule has 3 aliphatic rings. The molecule has 2 N–H and O–H groups in total. The number of imide groups is 1. The van der Waals surface area contributed by atoms with Crippen molar-refractivity contribution in [2.45, 2.75) is 36.1 Å². The van der Waals surface area contributed by atoms with Gasteiger partial charge in [0.2, 0.25) is 5.91 Å². The molecule has 4 aromatic carbocycles. The average molecular weight is 817 g/mol. The molecular formula is C45H40N2O13. The summed E-state index contributed by atoms with van der Waals surface area (Å²) in [5.41, 5.74) is -0.447. The molecule has 0 aliphatic carbocycles. The first-order chi connectivity index (χ1) is 29.0. The first kappa shape index (κ1) is 41.2. The molecule has 3 aliphatic heterocycles. The number of hydrogen-bond acceptors (Lipinski definition) is 13. The van der Waals surface area contributed by atoms with Gasteiger partial charge in [-0.1, -0.05) is 84.6 Å². The van der Waals surface area contributed by atoms with Crippen LogP contribution < -0.4 is 4.90 Å². The van der Waals surface area contributed by atoms with Crippen molar-refractivity contribution in [1.29, 1.82) is 0 Å². The monoisotopic (exact) mass is 816 g/mol. The molecule has 1 spiro atoms. The number of morpholine rings is 1. The zero-order valence-electron chi connectivity index (χ0n) is 32.7. The molecule has 3 heterocycles. The van der Waals surface area contributed by atoms with Gasteiger partial charge in [0.05, 0.1) is 38.6 Å². The van der Waals surface area contributed by atoms with E-state index in [1.54, 1.807) is 65.6 Å². The molecule has 0 saturated carbocycles. The van der Waals surface area contributed by atoms with Gasteiger partial charge < -0.3 is 33.9 Å². The van der Waals surface area contributed by atoms with Crippen LogP contribution in [0.2, 0.25) is 0 Å². The number of benzene rings is 4. The van der Waals surface area contributed by atoms with Crippen LogP contribution in [0.3, 0.4) is 0 Å². The number of esters is 3. The Labute approximate surface area is 344 Å². The molecule has 7 rings (SSSR count). The number of carboxylic acid groups (broad SMARTS) is 1. The number of phenols is 1. The van der Waals surface area contributed by atoms with Gasteiger partial charge in [-0.3, -0.25) is 28.9 Å². The Morgan fingerprint density at radius 2 is 1.43 bits per heavy atom. The fourth-order valence-corrected chi connectivity index (χ4v) is 8.68. The number of aliphatic carboxylic acids is 1. The number of rotatable bonds is 10. The minimum Gasteiger partial charge on any atom is -0.508 e. The smallest absolute Gasteiger partial charge is 0.421 e. The van der Waals surface area contributed by atoms with E-state index in [-0.39, 0.29) is 42.2 Å². The maximum Gasteiger partial charge on any atom is 0.421 e. The molecular weight excluding hydrogens is 776 g/mol. The van der Waals surface area contributed by atoms with Crippen molar-refractivity contribution < 1.29 is 62.7 Å². The summed E-state index contributed by atoms with van der Waals surface area (Å²) < 4.78 is 26.3. The quantitative estimate of drug-likeness (QED) is 0.0739. The molecule has 15 nitrogen and oxygen atoms in total. The summed E-state index contributed by atoms with van der Waals surface area (Å²) in [7, 11) is 3.64. The minimum atomic E-state index is -2.26. The van der Waals surface area contributed by atoms with E-state index in [4.69, 9.17) is 23.7 Å². The molecule has 0 bridgehead atoms. The summed E-state index contributed by atoms with van der Waals surface area (Å²) in [6, 6.07) is 24.4. The molecule has 15 heteroatoms. The van der Waals surface area contributed by atoms with Gasteiger partial charge in [-0.25, -0.2) is 9.69 Å². The average Bonchev–Trinajstić information content (AvgIpc) is 3.72. The van der Waals surface area contributed by atoms with E-state index < -0.39 is 77.4 Å². The van der Waals surface area contributed by atoms with Crippen LogP contribution in [0.15, 0.2) is 103 Å². The fraction of sp³-hybridized carbons (Fsp3) is 0.289. The topological polar surface area (TPSA) is 196 Å². The number of carbonyl (C=O) groups is 6. The van der Waals surface area contributed by atoms with Crippen LogP contribution in [0.25, 0.3) is 0 Å². The van der Waals surface area contributed by atoms with Gasteiger partial charge in [0.15, 0.2) is 5.92 Å². The highest BCUT2D eigenvalue weighted by atomic mass is 16.6. The van der Waals surface area contributed by atoms with Crippen LogP contribution in [0.5, 0.6) is 5.75 Å². The lowest BCUT2D eigenvalue weighted by Gasteiger charge is -2.46. The Morgan fingerprint density at radius 3 is 2.03 bits per heavy atom. The molecule has 6 atom stereocenters. The zero-order valence-corrected chi connectivity index (χ0v) is 32.7. The first-order valence-electron chi connectivity index (χ1n) is 18.9. The third kappa shape index (κ3) is 6.99. The zero-order chi connectivity index (χ0) is 42.7. The predicted octanol–water partition coefficient (Wildman–Crippen LogP) is 4.63. The highest BCUT2D eigenvalue weighted by molar-refractivity contribution is 6.23. The number of amides is 2. The Bertz CT molecular complexity index is 2360. The lowest BCUT2D eigenvalue weighted by molar-refractivity contribution is -0.179. The number of anilines is 1. The highest BCUT2D eigenvalue weighted by Crippen LogP contribution is 2.66. The molecule has 2 fully saturated rings. The Balaban J connectivity index is 1.51. The molecule has 2 amide bonds. The van der Waals surface area contributed by atoms with Gasteiger partial charge in [-0.05, 0) is 52.6 Å². The van der Waals surface area contributed by atoms with Gasteiger partial charge >= 0.3 is 30.0 Å². The maximum absolute atomic E-state index is 15.7. The third-order valence-corrected chi connectivity index (χ3v) is 11.1. The normalized spacial score (nSPS) is 22.9. The largest absolute Gasteiger partial charge is 0.508 e. The molecule has 60 heavy (non-hydrogen) atoms. The SMILES string of the molecule is COCCOC(=O)N1C(=O)C2(c3cc(C#CCC(C(=O)OC)C(=O)OC)ccc31)C(C(=O)O)C1C(=O)OC(c3ccccc3)C(c3ccccc3)N1C2c1ccc(O)cc1.